The maximum absolute atomic E-state index is 5.38. The van der Waals surface area contributed by atoms with Gasteiger partial charge in [-0.25, -0.2) is 0 Å². The molecular formula is C17H18N2. The summed E-state index contributed by atoms with van der Waals surface area (Å²) in [7, 11) is 0. The second-order valence-electron chi connectivity index (χ2n) is 4.57. The van der Waals surface area contributed by atoms with Crippen molar-refractivity contribution in [2.45, 2.75) is 25.4 Å². The number of rotatable bonds is 5. The van der Waals surface area contributed by atoms with Gasteiger partial charge in [0.2, 0.25) is 0 Å². The van der Waals surface area contributed by atoms with Crippen molar-refractivity contribution in [2.24, 2.45) is 0 Å². The minimum atomic E-state index is 0.0748. The molecule has 96 valence electrons. The summed E-state index contributed by atoms with van der Waals surface area (Å²) in [4.78, 5) is 4.45. The van der Waals surface area contributed by atoms with Crippen LogP contribution in [0.4, 0.5) is 0 Å². The van der Waals surface area contributed by atoms with Crippen LogP contribution in [-0.4, -0.2) is 11.0 Å². The normalized spacial score (nSPS) is 13.5. The van der Waals surface area contributed by atoms with E-state index >= 15 is 0 Å². The molecule has 2 atom stereocenters. The van der Waals surface area contributed by atoms with Crippen molar-refractivity contribution in [1.82, 2.24) is 10.3 Å². The molecule has 0 radical (unpaired) electrons. The molecule has 2 nitrogen and oxygen atoms in total. The highest BCUT2D eigenvalue weighted by Gasteiger charge is 2.16. The molecule has 2 unspecified atom stereocenters. The Labute approximate surface area is 114 Å². The van der Waals surface area contributed by atoms with Crippen LogP contribution in [0.1, 0.15) is 30.6 Å². The fraction of sp³-hybridized carbons (Fsp3) is 0.235. The van der Waals surface area contributed by atoms with Crippen LogP contribution >= 0.6 is 0 Å². The van der Waals surface area contributed by atoms with E-state index in [1.165, 1.54) is 5.56 Å². The predicted octanol–water partition coefficient (Wildman–Crippen LogP) is 3.17. The van der Waals surface area contributed by atoms with Crippen LogP contribution in [0.3, 0.4) is 0 Å². The highest BCUT2D eigenvalue weighted by atomic mass is 15.0. The van der Waals surface area contributed by atoms with Crippen molar-refractivity contribution in [1.29, 1.82) is 0 Å². The van der Waals surface area contributed by atoms with Crippen LogP contribution in [0.15, 0.2) is 54.7 Å². The monoisotopic (exact) mass is 250 g/mol. The van der Waals surface area contributed by atoms with Gasteiger partial charge < -0.3 is 5.32 Å². The molecule has 0 spiro atoms. The van der Waals surface area contributed by atoms with Crippen LogP contribution < -0.4 is 5.32 Å². The van der Waals surface area contributed by atoms with Crippen molar-refractivity contribution in [3.05, 3.63) is 66.0 Å². The van der Waals surface area contributed by atoms with Gasteiger partial charge in [0.05, 0.1) is 11.7 Å². The summed E-state index contributed by atoms with van der Waals surface area (Å²) in [6.07, 6.45) is 7.90. The molecule has 2 heteroatoms. The molecule has 0 aliphatic carbocycles. The lowest BCUT2D eigenvalue weighted by Gasteiger charge is -2.22. The molecule has 1 aromatic carbocycles. The number of pyridine rings is 1. The first-order valence-corrected chi connectivity index (χ1v) is 6.46. The lowest BCUT2D eigenvalue weighted by Crippen LogP contribution is -2.31. The number of nitrogens with zero attached hydrogens (tertiary/aromatic N) is 1. The molecule has 2 aromatic rings. The van der Waals surface area contributed by atoms with E-state index in [0.29, 0.717) is 6.42 Å². The summed E-state index contributed by atoms with van der Waals surface area (Å²) in [6.45, 7) is 2.10. The maximum atomic E-state index is 5.38. The average molecular weight is 250 g/mol. The van der Waals surface area contributed by atoms with Gasteiger partial charge in [-0.1, -0.05) is 36.4 Å². The third-order valence-corrected chi connectivity index (χ3v) is 2.99. The molecule has 0 fully saturated rings. The Morgan fingerprint density at radius 1 is 1.16 bits per heavy atom. The highest BCUT2D eigenvalue weighted by molar-refractivity contribution is 5.27. The molecule has 0 amide bonds. The third-order valence-electron chi connectivity index (χ3n) is 2.99. The summed E-state index contributed by atoms with van der Waals surface area (Å²) < 4.78 is 0. The van der Waals surface area contributed by atoms with Crippen molar-refractivity contribution in [3.8, 4) is 12.3 Å². The van der Waals surface area contributed by atoms with Gasteiger partial charge in [0.1, 0.15) is 0 Å². The Morgan fingerprint density at radius 3 is 2.53 bits per heavy atom. The second kappa shape index (κ2) is 6.72. The van der Waals surface area contributed by atoms with E-state index < -0.39 is 0 Å². The Kier molecular flexibility index (Phi) is 4.72. The number of nitrogens with one attached hydrogen (secondary N) is 1. The van der Waals surface area contributed by atoms with Crippen LogP contribution in [0.5, 0.6) is 0 Å². The van der Waals surface area contributed by atoms with Gasteiger partial charge in [0.25, 0.3) is 0 Å². The Hall–Kier alpha value is -2.11. The van der Waals surface area contributed by atoms with Gasteiger partial charge in [0, 0.05) is 18.7 Å². The Bertz CT molecular complexity index is 489. The Morgan fingerprint density at radius 2 is 1.89 bits per heavy atom. The van der Waals surface area contributed by atoms with Crippen LogP contribution in [-0.2, 0) is 0 Å². The minimum Gasteiger partial charge on any atom is -0.301 e. The van der Waals surface area contributed by atoms with Crippen molar-refractivity contribution < 1.29 is 0 Å². The maximum Gasteiger partial charge on any atom is 0.0753 e. The summed E-state index contributed by atoms with van der Waals surface area (Å²) >= 11 is 0. The van der Waals surface area contributed by atoms with E-state index in [0.717, 1.165) is 5.69 Å². The largest absolute Gasteiger partial charge is 0.301 e. The van der Waals surface area contributed by atoms with Gasteiger partial charge in [-0.15, -0.1) is 12.3 Å². The molecule has 0 aliphatic rings. The zero-order valence-corrected chi connectivity index (χ0v) is 11.1. The number of aromatic nitrogens is 1. The first-order chi connectivity index (χ1) is 9.31. The fourth-order valence-corrected chi connectivity index (χ4v) is 2.06. The summed E-state index contributed by atoms with van der Waals surface area (Å²) in [5, 5.41) is 3.55. The smallest absolute Gasteiger partial charge is 0.0753 e. The molecule has 0 aliphatic heterocycles. The second-order valence-corrected chi connectivity index (χ2v) is 4.57. The average Bonchev–Trinajstić information content (AvgIpc) is 2.47. The lowest BCUT2D eigenvalue weighted by atomic mass is 10.0. The van der Waals surface area contributed by atoms with Crippen molar-refractivity contribution in [2.75, 3.05) is 0 Å². The molecule has 1 N–H and O–H groups in total. The summed E-state index contributed by atoms with van der Waals surface area (Å²) in [5.41, 5.74) is 2.21. The van der Waals surface area contributed by atoms with Gasteiger partial charge in [-0.2, -0.15) is 0 Å². The third kappa shape index (κ3) is 3.67. The van der Waals surface area contributed by atoms with E-state index in [9.17, 15) is 0 Å². The SMILES string of the molecule is C#CCC(C)NC(c1ccccc1)c1ccccn1. The molecule has 0 saturated carbocycles. The topological polar surface area (TPSA) is 24.9 Å². The van der Waals surface area contributed by atoms with Gasteiger partial charge >= 0.3 is 0 Å². The standard InChI is InChI=1S/C17H18N2/c1-3-9-14(2)19-17(15-10-5-4-6-11-15)16-12-7-8-13-18-16/h1,4-8,10-14,17,19H,9H2,2H3. The molecule has 19 heavy (non-hydrogen) atoms. The minimum absolute atomic E-state index is 0.0748. The number of benzene rings is 1. The van der Waals surface area contributed by atoms with E-state index in [4.69, 9.17) is 6.42 Å². The Balaban J connectivity index is 2.27. The number of hydrogen-bond donors (Lipinski definition) is 1. The first kappa shape index (κ1) is 13.3. The van der Waals surface area contributed by atoms with Crippen LogP contribution in [0.2, 0.25) is 0 Å². The molecular weight excluding hydrogens is 232 g/mol. The molecule has 0 saturated heterocycles. The molecule has 1 aromatic heterocycles. The van der Waals surface area contributed by atoms with Gasteiger partial charge in [0.15, 0.2) is 0 Å². The quantitative estimate of drug-likeness (QED) is 0.824. The van der Waals surface area contributed by atoms with E-state index in [1.54, 1.807) is 0 Å². The van der Waals surface area contributed by atoms with Gasteiger partial charge in [-0.05, 0) is 24.6 Å². The van der Waals surface area contributed by atoms with Gasteiger partial charge in [-0.3, -0.25) is 4.98 Å². The van der Waals surface area contributed by atoms with Crippen molar-refractivity contribution >= 4 is 0 Å². The zero-order valence-electron chi connectivity index (χ0n) is 11.1. The summed E-state index contributed by atoms with van der Waals surface area (Å²) in [5.74, 6) is 2.69. The first-order valence-electron chi connectivity index (χ1n) is 6.46. The predicted molar refractivity (Wildman–Crippen MR) is 78.6 cm³/mol. The van der Waals surface area contributed by atoms with Crippen molar-refractivity contribution in [3.63, 3.8) is 0 Å². The zero-order chi connectivity index (χ0) is 13.5. The molecule has 2 rings (SSSR count). The summed E-state index contributed by atoms with van der Waals surface area (Å²) in [6, 6.07) is 16.6. The van der Waals surface area contributed by atoms with E-state index in [-0.39, 0.29) is 12.1 Å². The lowest BCUT2D eigenvalue weighted by molar-refractivity contribution is 0.499. The van der Waals surface area contributed by atoms with E-state index in [2.05, 4.69) is 35.3 Å². The number of terminal acetylenes is 1. The number of hydrogen-bond acceptors (Lipinski definition) is 2. The molecule has 0 bridgehead atoms. The highest BCUT2D eigenvalue weighted by Crippen LogP contribution is 2.20. The van der Waals surface area contributed by atoms with Crippen LogP contribution in [0, 0.1) is 12.3 Å². The van der Waals surface area contributed by atoms with Crippen LogP contribution in [0.25, 0.3) is 0 Å². The fourth-order valence-electron chi connectivity index (χ4n) is 2.06. The van der Waals surface area contributed by atoms with E-state index in [1.807, 2.05) is 42.6 Å². The molecule has 1 heterocycles.